The summed E-state index contributed by atoms with van der Waals surface area (Å²) in [6.45, 7) is 2.41. The van der Waals surface area contributed by atoms with Gasteiger partial charge in [0.1, 0.15) is 18.8 Å². The van der Waals surface area contributed by atoms with Gasteiger partial charge in [0.2, 0.25) is 0 Å². The maximum atomic E-state index is 6.22. The summed E-state index contributed by atoms with van der Waals surface area (Å²) in [7, 11) is 2.24. The number of quaternary nitrogens is 1. The third-order valence-electron chi connectivity index (χ3n) is 3.19. The van der Waals surface area contributed by atoms with Gasteiger partial charge < -0.3 is 0 Å². The molecule has 1 fully saturated rings. The number of hydrogen-bond acceptors (Lipinski definition) is 1. The number of likely N-dealkylation sites (N-methyl/N-ethyl adjacent to an activating group) is 1. The van der Waals surface area contributed by atoms with E-state index in [0.29, 0.717) is 0 Å². The lowest BCUT2D eigenvalue weighted by Gasteiger charge is -2.14. The van der Waals surface area contributed by atoms with E-state index >= 15 is 0 Å². The van der Waals surface area contributed by atoms with Gasteiger partial charge in [-0.1, -0.05) is 23.7 Å². The molecule has 0 radical (unpaired) electrons. The van der Waals surface area contributed by atoms with E-state index in [9.17, 15) is 0 Å². The third-order valence-corrected chi connectivity index (χ3v) is 3.48. The molecule has 2 aromatic rings. The Bertz CT molecular complexity index is 527. The van der Waals surface area contributed by atoms with Crippen molar-refractivity contribution in [1.29, 1.82) is 0 Å². The van der Waals surface area contributed by atoms with Crippen molar-refractivity contribution in [3.63, 3.8) is 0 Å². The normalized spacial score (nSPS) is 18.0. The molecule has 0 bridgehead atoms. The van der Waals surface area contributed by atoms with Crippen LogP contribution in [0.25, 0.3) is 10.8 Å². The minimum atomic E-state index is 0.759. The van der Waals surface area contributed by atoms with Crippen LogP contribution < -0.4 is 4.48 Å². The van der Waals surface area contributed by atoms with Crippen molar-refractivity contribution < 1.29 is 0 Å². The number of nitrogens with zero attached hydrogens (tertiary/aromatic N) is 2. The highest BCUT2D eigenvalue weighted by atomic mass is 35.5. The van der Waals surface area contributed by atoms with E-state index in [-0.39, 0.29) is 0 Å². The van der Waals surface area contributed by atoms with Gasteiger partial charge in [0, 0.05) is 17.8 Å². The fourth-order valence-electron chi connectivity index (χ4n) is 2.01. The zero-order chi connectivity index (χ0) is 10.5. The van der Waals surface area contributed by atoms with Gasteiger partial charge in [-0.15, -0.1) is 0 Å². The SMILES string of the molecule is C[N+]1(c2cccc3cncc(Cl)c23)CC1. The number of aromatic nitrogens is 1. The standard InChI is InChI=1S/C12H12ClN2/c1-15(5-6-15)11-4-2-3-9-7-14-8-10(13)12(9)11/h2-4,7-8H,5-6H2,1H3/q+1. The molecule has 2 heterocycles. The molecule has 0 aliphatic carbocycles. The highest BCUT2D eigenvalue weighted by Crippen LogP contribution is 2.38. The average molecular weight is 220 g/mol. The van der Waals surface area contributed by atoms with Crippen molar-refractivity contribution in [3.8, 4) is 0 Å². The molecular weight excluding hydrogens is 208 g/mol. The second kappa shape index (κ2) is 2.94. The summed E-state index contributed by atoms with van der Waals surface area (Å²) < 4.78 is 1.00. The van der Waals surface area contributed by atoms with Crippen LogP contribution in [0.2, 0.25) is 5.02 Å². The van der Waals surface area contributed by atoms with Crippen LogP contribution in [0.4, 0.5) is 5.69 Å². The van der Waals surface area contributed by atoms with Crippen LogP contribution in [0.15, 0.2) is 30.6 Å². The molecule has 76 valence electrons. The lowest BCUT2D eigenvalue weighted by molar-refractivity contribution is 0.665. The van der Waals surface area contributed by atoms with Crippen LogP contribution >= 0.6 is 11.6 Å². The van der Waals surface area contributed by atoms with Crippen molar-refractivity contribution in [2.75, 3.05) is 20.1 Å². The summed E-state index contributed by atoms with van der Waals surface area (Å²) in [6, 6.07) is 6.31. The largest absolute Gasteiger partial charge is 0.284 e. The second-order valence-corrected chi connectivity index (χ2v) is 4.75. The number of benzene rings is 1. The highest BCUT2D eigenvalue weighted by molar-refractivity contribution is 6.36. The van der Waals surface area contributed by atoms with Crippen molar-refractivity contribution in [2.45, 2.75) is 0 Å². The Morgan fingerprint density at radius 2 is 2.07 bits per heavy atom. The Balaban J connectivity index is 2.39. The van der Waals surface area contributed by atoms with Gasteiger partial charge >= 0.3 is 0 Å². The van der Waals surface area contributed by atoms with Gasteiger partial charge in [-0.25, -0.2) is 0 Å². The predicted octanol–water partition coefficient (Wildman–Crippen LogP) is 2.84. The Hall–Kier alpha value is -1.12. The van der Waals surface area contributed by atoms with Crippen molar-refractivity contribution in [3.05, 3.63) is 35.6 Å². The molecule has 0 N–H and O–H groups in total. The minimum absolute atomic E-state index is 0.759. The van der Waals surface area contributed by atoms with Crippen LogP contribution in [-0.4, -0.2) is 25.1 Å². The molecule has 1 aliphatic heterocycles. The van der Waals surface area contributed by atoms with Crippen LogP contribution in [0.5, 0.6) is 0 Å². The zero-order valence-electron chi connectivity index (χ0n) is 8.57. The van der Waals surface area contributed by atoms with Gasteiger partial charge in [0.25, 0.3) is 0 Å². The number of pyridine rings is 1. The van der Waals surface area contributed by atoms with E-state index in [0.717, 1.165) is 20.3 Å². The molecule has 0 spiro atoms. The number of hydrogen-bond donors (Lipinski definition) is 0. The first kappa shape index (κ1) is 9.13. The fourth-order valence-corrected chi connectivity index (χ4v) is 2.28. The molecule has 1 saturated heterocycles. The average Bonchev–Trinajstić information content (AvgIpc) is 2.98. The quantitative estimate of drug-likeness (QED) is 0.531. The molecule has 0 unspecified atom stereocenters. The van der Waals surface area contributed by atoms with E-state index < -0.39 is 0 Å². The second-order valence-electron chi connectivity index (χ2n) is 4.34. The Morgan fingerprint density at radius 3 is 2.80 bits per heavy atom. The monoisotopic (exact) mass is 219 g/mol. The molecule has 1 aromatic heterocycles. The predicted molar refractivity (Wildman–Crippen MR) is 64.2 cm³/mol. The number of rotatable bonds is 1. The van der Waals surface area contributed by atoms with E-state index in [1.54, 1.807) is 6.20 Å². The van der Waals surface area contributed by atoms with Crippen molar-refractivity contribution >= 4 is 28.1 Å². The van der Waals surface area contributed by atoms with E-state index in [2.05, 4.69) is 30.2 Å². The van der Waals surface area contributed by atoms with Crippen LogP contribution in [-0.2, 0) is 0 Å². The van der Waals surface area contributed by atoms with Crippen LogP contribution in [0, 0.1) is 0 Å². The summed E-state index contributed by atoms with van der Waals surface area (Å²) in [6.07, 6.45) is 3.60. The van der Waals surface area contributed by atoms with Crippen molar-refractivity contribution in [1.82, 2.24) is 9.47 Å². The van der Waals surface area contributed by atoms with Gasteiger partial charge in [-0.05, 0) is 6.07 Å². The van der Waals surface area contributed by atoms with E-state index in [1.807, 2.05) is 6.20 Å². The van der Waals surface area contributed by atoms with Crippen LogP contribution in [0.1, 0.15) is 0 Å². The molecule has 0 atom stereocenters. The molecule has 3 heteroatoms. The van der Waals surface area contributed by atoms with Crippen molar-refractivity contribution in [2.24, 2.45) is 0 Å². The van der Waals surface area contributed by atoms with Gasteiger partial charge in [-0.3, -0.25) is 9.47 Å². The number of fused-ring (bicyclic) bond motifs is 1. The summed E-state index contributed by atoms with van der Waals surface area (Å²) in [5, 5.41) is 3.05. The zero-order valence-corrected chi connectivity index (χ0v) is 9.33. The molecule has 2 nitrogen and oxygen atoms in total. The summed E-state index contributed by atoms with van der Waals surface area (Å²) in [4.78, 5) is 4.12. The molecule has 0 amide bonds. The van der Waals surface area contributed by atoms with E-state index in [1.165, 1.54) is 18.8 Å². The fraction of sp³-hybridized carbons (Fsp3) is 0.250. The first-order valence-corrected chi connectivity index (χ1v) is 5.46. The molecule has 1 aliphatic rings. The highest BCUT2D eigenvalue weighted by Gasteiger charge is 2.41. The molecule has 1 aromatic carbocycles. The third kappa shape index (κ3) is 1.33. The van der Waals surface area contributed by atoms with Gasteiger partial charge in [0.05, 0.1) is 17.5 Å². The maximum Gasteiger partial charge on any atom is 0.142 e. The Morgan fingerprint density at radius 1 is 1.27 bits per heavy atom. The maximum absolute atomic E-state index is 6.22. The van der Waals surface area contributed by atoms with E-state index in [4.69, 9.17) is 11.6 Å². The Labute approximate surface area is 93.7 Å². The topological polar surface area (TPSA) is 12.9 Å². The minimum Gasteiger partial charge on any atom is -0.284 e. The molecule has 0 saturated carbocycles. The summed E-state index contributed by atoms with van der Waals surface area (Å²) >= 11 is 6.22. The molecule has 15 heavy (non-hydrogen) atoms. The van der Waals surface area contributed by atoms with Gasteiger partial charge in [0.15, 0.2) is 0 Å². The summed E-state index contributed by atoms with van der Waals surface area (Å²) in [5.41, 5.74) is 1.32. The lowest BCUT2D eigenvalue weighted by Crippen LogP contribution is -2.18. The van der Waals surface area contributed by atoms with Gasteiger partial charge in [-0.2, -0.15) is 0 Å². The molecular formula is C12H12ClN2+. The summed E-state index contributed by atoms with van der Waals surface area (Å²) in [5.74, 6) is 0. The van der Waals surface area contributed by atoms with Crippen LogP contribution in [0.3, 0.4) is 0 Å². The first-order chi connectivity index (χ1) is 7.21. The lowest BCUT2D eigenvalue weighted by atomic mass is 10.1. The first-order valence-electron chi connectivity index (χ1n) is 5.08. The number of halogens is 1. The smallest absolute Gasteiger partial charge is 0.142 e. The molecule has 3 rings (SSSR count). The Kier molecular flexibility index (Phi) is 1.79.